The fourth-order valence-electron chi connectivity index (χ4n) is 2.36. The summed E-state index contributed by atoms with van der Waals surface area (Å²) < 4.78 is 7.24. The smallest absolute Gasteiger partial charge is 0.315 e. The number of aryl methyl sites for hydroxylation is 2. The monoisotopic (exact) mass is 317 g/mol. The highest BCUT2D eigenvalue weighted by Gasteiger charge is 2.14. The molecule has 0 aliphatic rings. The molecule has 0 bridgehead atoms. The first-order valence-corrected chi connectivity index (χ1v) is 7.60. The van der Waals surface area contributed by atoms with Crippen LogP contribution in [0.5, 0.6) is 5.75 Å². The number of hydrogen-bond acceptors (Lipinski definition) is 4. The molecule has 23 heavy (non-hydrogen) atoms. The van der Waals surface area contributed by atoms with Gasteiger partial charge in [-0.25, -0.2) is 4.79 Å². The van der Waals surface area contributed by atoms with E-state index in [2.05, 4.69) is 20.8 Å². The molecule has 0 aliphatic carbocycles. The number of methoxy groups -OCH3 is 1. The molecule has 2 amide bonds. The molecule has 7 heteroatoms. The molecule has 0 radical (unpaired) electrons. The average Bonchev–Trinajstić information content (AvgIpc) is 3.00. The molecule has 0 fully saturated rings. The molecular weight excluding hydrogens is 294 g/mol. The van der Waals surface area contributed by atoms with E-state index in [0.717, 1.165) is 29.2 Å². The number of amides is 2. The third-order valence-electron chi connectivity index (χ3n) is 3.64. The van der Waals surface area contributed by atoms with E-state index in [1.807, 2.05) is 43.5 Å². The van der Waals surface area contributed by atoms with E-state index in [0.29, 0.717) is 6.54 Å². The predicted octanol–water partition coefficient (Wildman–Crippen LogP) is 2.18. The number of nitrogens with zero attached hydrogens (tertiary/aromatic N) is 3. The van der Waals surface area contributed by atoms with E-state index >= 15 is 0 Å². The number of hydrogen-bond donors (Lipinski definition) is 2. The minimum absolute atomic E-state index is 0.172. The predicted molar refractivity (Wildman–Crippen MR) is 87.2 cm³/mol. The van der Waals surface area contributed by atoms with Crippen LogP contribution in [0, 0.1) is 6.92 Å². The van der Waals surface area contributed by atoms with Crippen LogP contribution in [0.25, 0.3) is 0 Å². The van der Waals surface area contributed by atoms with Crippen LogP contribution in [-0.2, 0) is 13.1 Å². The third kappa shape index (κ3) is 4.21. The maximum Gasteiger partial charge on any atom is 0.315 e. The second kappa shape index (κ2) is 7.62. The second-order valence-corrected chi connectivity index (χ2v) is 5.33. The molecule has 2 N–H and O–H groups in total. The summed E-state index contributed by atoms with van der Waals surface area (Å²) in [4.78, 5) is 12.1. The van der Waals surface area contributed by atoms with Crippen LogP contribution in [0.15, 0.2) is 24.5 Å². The number of carbonyl (C=O) groups is 1. The minimum Gasteiger partial charge on any atom is -0.496 e. The summed E-state index contributed by atoms with van der Waals surface area (Å²) in [7, 11) is 1.62. The number of nitrogens with one attached hydrogen (secondary N) is 2. The number of ether oxygens (including phenoxy) is 1. The van der Waals surface area contributed by atoms with E-state index in [-0.39, 0.29) is 12.1 Å². The molecule has 124 valence electrons. The lowest BCUT2D eigenvalue weighted by molar-refractivity contribution is 0.237. The van der Waals surface area contributed by atoms with E-state index in [9.17, 15) is 4.79 Å². The molecule has 0 unspecified atom stereocenters. The summed E-state index contributed by atoms with van der Waals surface area (Å²) in [5.74, 6) is 1.48. The standard InChI is InChI=1S/C16H23N5O2/c1-5-21-10-18-20-15(21)9-17-16(22)19-12(3)13-8-11(2)6-7-14(13)23-4/h6-8,10,12H,5,9H2,1-4H3,(H2,17,19,22)/t12-/m0/s1. The highest BCUT2D eigenvalue weighted by Crippen LogP contribution is 2.25. The van der Waals surface area contributed by atoms with Gasteiger partial charge in [0.25, 0.3) is 0 Å². The number of urea groups is 1. The zero-order valence-electron chi connectivity index (χ0n) is 14.0. The summed E-state index contributed by atoms with van der Waals surface area (Å²) >= 11 is 0. The van der Waals surface area contributed by atoms with Crippen LogP contribution in [0.4, 0.5) is 4.79 Å². The van der Waals surface area contributed by atoms with Gasteiger partial charge in [-0.1, -0.05) is 17.7 Å². The van der Waals surface area contributed by atoms with Crippen molar-refractivity contribution in [2.75, 3.05) is 7.11 Å². The van der Waals surface area contributed by atoms with Gasteiger partial charge in [-0.05, 0) is 26.8 Å². The quantitative estimate of drug-likeness (QED) is 0.855. The number of rotatable bonds is 6. The van der Waals surface area contributed by atoms with Crippen molar-refractivity contribution >= 4 is 6.03 Å². The number of benzene rings is 1. The van der Waals surface area contributed by atoms with Crippen molar-refractivity contribution < 1.29 is 9.53 Å². The fourth-order valence-corrected chi connectivity index (χ4v) is 2.36. The molecule has 0 spiro atoms. The van der Waals surface area contributed by atoms with E-state index in [4.69, 9.17) is 4.74 Å². The van der Waals surface area contributed by atoms with Gasteiger partial charge in [0.2, 0.25) is 0 Å². The first-order valence-electron chi connectivity index (χ1n) is 7.60. The molecule has 1 heterocycles. The molecule has 2 aromatic rings. The molecule has 1 aromatic heterocycles. The Hall–Kier alpha value is -2.57. The van der Waals surface area contributed by atoms with Gasteiger partial charge < -0.3 is 19.9 Å². The second-order valence-electron chi connectivity index (χ2n) is 5.33. The van der Waals surface area contributed by atoms with Crippen LogP contribution in [0.1, 0.15) is 36.8 Å². The minimum atomic E-state index is -0.258. The molecule has 0 aliphatic heterocycles. The van der Waals surface area contributed by atoms with Gasteiger partial charge in [0, 0.05) is 12.1 Å². The first kappa shape index (κ1) is 16.8. The Morgan fingerprint density at radius 3 is 2.91 bits per heavy atom. The average molecular weight is 317 g/mol. The number of carbonyl (C=O) groups excluding carboxylic acids is 1. The van der Waals surface area contributed by atoms with Gasteiger partial charge in [-0.15, -0.1) is 10.2 Å². The van der Waals surface area contributed by atoms with Crippen molar-refractivity contribution in [2.45, 2.75) is 39.9 Å². The zero-order chi connectivity index (χ0) is 16.8. The summed E-state index contributed by atoms with van der Waals surface area (Å²) in [5, 5.41) is 13.5. The maximum absolute atomic E-state index is 12.1. The summed E-state index contributed by atoms with van der Waals surface area (Å²) in [6, 6.07) is 5.47. The van der Waals surface area contributed by atoms with E-state index in [1.54, 1.807) is 13.4 Å². The highest BCUT2D eigenvalue weighted by molar-refractivity contribution is 5.74. The Morgan fingerprint density at radius 1 is 1.43 bits per heavy atom. The van der Waals surface area contributed by atoms with Gasteiger partial charge in [0.15, 0.2) is 5.82 Å². The van der Waals surface area contributed by atoms with Crippen LogP contribution in [-0.4, -0.2) is 27.9 Å². The summed E-state index contributed by atoms with van der Waals surface area (Å²) in [5.41, 5.74) is 2.06. The van der Waals surface area contributed by atoms with Crippen molar-refractivity contribution in [1.29, 1.82) is 0 Å². The van der Waals surface area contributed by atoms with Gasteiger partial charge in [-0.2, -0.15) is 0 Å². The lowest BCUT2D eigenvalue weighted by atomic mass is 10.0. The SMILES string of the molecule is CCn1cnnc1CNC(=O)N[C@@H](C)c1cc(C)ccc1OC. The molecule has 1 atom stereocenters. The van der Waals surface area contributed by atoms with Crippen molar-refractivity contribution in [3.63, 3.8) is 0 Å². The van der Waals surface area contributed by atoms with E-state index < -0.39 is 0 Å². The van der Waals surface area contributed by atoms with Crippen LogP contribution in [0.2, 0.25) is 0 Å². The fraction of sp³-hybridized carbons (Fsp3) is 0.438. The van der Waals surface area contributed by atoms with Crippen molar-refractivity contribution in [3.05, 3.63) is 41.5 Å². The van der Waals surface area contributed by atoms with Gasteiger partial charge in [-0.3, -0.25) is 0 Å². The van der Waals surface area contributed by atoms with Gasteiger partial charge in [0.05, 0.1) is 19.7 Å². The van der Waals surface area contributed by atoms with Gasteiger partial charge >= 0.3 is 6.03 Å². The lowest BCUT2D eigenvalue weighted by Crippen LogP contribution is -2.37. The van der Waals surface area contributed by atoms with Crippen molar-refractivity contribution in [1.82, 2.24) is 25.4 Å². The molecule has 0 saturated heterocycles. The van der Waals surface area contributed by atoms with Crippen LogP contribution >= 0.6 is 0 Å². The summed E-state index contributed by atoms with van der Waals surface area (Å²) in [6.45, 7) is 7.03. The summed E-state index contributed by atoms with van der Waals surface area (Å²) in [6.07, 6.45) is 1.65. The highest BCUT2D eigenvalue weighted by atomic mass is 16.5. The molecular formula is C16H23N5O2. The van der Waals surface area contributed by atoms with Crippen LogP contribution < -0.4 is 15.4 Å². The largest absolute Gasteiger partial charge is 0.496 e. The number of aromatic nitrogens is 3. The van der Waals surface area contributed by atoms with Gasteiger partial charge in [0.1, 0.15) is 12.1 Å². The van der Waals surface area contributed by atoms with E-state index in [1.165, 1.54) is 0 Å². The zero-order valence-corrected chi connectivity index (χ0v) is 14.0. The van der Waals surface area contributed by atoms with Crippen LogP contribution in [0.3, 0.4) is 0 Å². The lowest BCUT2D eigenvalue weighted by Gasteiger charge is -2.18. The van der Waals surface area contributed by atoms with Crippen molar-refractivity contribution in [2.24, 2.45) is 0 Å². The molecule has 0 saturated carbocycles. The molecule has 2 rings (SSSR count). The Morgan fingerprint density at radius 2 is 2.22 bits per heavy atom. The first-order chi connectivity index (χ1) is 11.0. The Balaban J connectivity index is 1.96. The Bertz CT molecular complexity index is 668. The Kier molecular flexibility index (Phi) is 5.56. The topological polar surface area (TPSA) is 81.1 Å². The van der Waals surface area contributed by atoms with Crippen molar-refractivity contribution in [3.8, 4) is 5.75 Å². The normalized spacial score (nSPS) is 11.8. The molecule has 7 nitrogen and oxygen atoms in total. The third-order valence-corrected chi connectivity index (χ3v) is 3.64. The Labute approximate surface area is 136 Å². The molecule has 1 aromatic carbocycles. The maximum atomic E-state index is 12.1.